The van der Waals surface area contributed by atoms with Crippen molar-refractivity contribution in [2.24, 2.45) is 0 Å². The molecule has 0 aromatic carbocycles. The molecule has 0 bridgehead atoms. The second-order valence-corrected chi connectivity index (χ2v) is 3.42. The highest BCUT2D eigenvalue weighted by atomic mass is 35.5. The van der Waals surface area contributed by atoms with E-state index in [4.69, 9.17) is 23.8 Å². The van der Waals surface area contributed by atoms with Crippen molar-refractivity contribution in [3.63, 3.8) is 0 Å². The van der Waals surface area contributed by atoms with Crippen LogP contribution in [-0.4, -0.2) is 22.1 Å². The van der Waals surface area contributed by atoms with Gasteiger partial charge >= 0.3 is 5.69 Å². The van der Waals surface area contributed by atoms with Gasteiger partial charge in [0.2, 0.25) is 0 Å². The summed E-state index contributed by atoms with van der Waals surface area (Å²) in [4.78, 5) is 26.4. The minimum absolute atomic E-state index is 0.0546. The maximum atomic E-state index is 11.1. The fraction of sp³-hybridized carbons (Fsp3) is 0.286. The van der Waals surface area contributed by atoms with Crippen molar-refractivity contribution in [1.82, 2.24) is 20.6 Å². The van der Waals surface area contributed by atoms with Crippen LogP contribution in [0, 0.1) is 0 Å². The number of halogens is 1. The number of thiocarbonyl (C=S) groups is 1. The third-order valence-electron chi connectivity index (χ3n) is 1.61. The molecule has 15 heavy (non-hydrogen) atoms. The highest BCUT2D eigenvalue weighted by Gasteiger charge is 2.06. The van der Waals surface area contributed by atoms with E-state index in [1.54, 1.807) is 7.05 Å². The molecule has 1 aromatic heterocycles. The Bertz CT molecular complexity index is 481. The summed E-state index contributed by atoms with van der Waals surface area (Å²) >= 11 is 10.5. The van der Waals surface area contributed by atoms with Crippen molar-refractivity contribution in [3.8, 4) is 0 Å². The predicted molar refractivity (Wildman–Crippen MR) is 61.2 cm³/mol. The summed E-state index contributed by atoms with van der Waals surface area (Å²) in [5.41, 5.74) is -0.924. The Kier molecular flexibility index (Phi) is 3.87. The summed E-state index contributed by atoms with van der Waals surface area (Å²) in [6.07, 6.45) is 0. The lowest BCUT2D eigenvalue weighted by Crippen LogP contribution is -2.34. The van der Waals surface area contributed by atoms with Gasteiger partial charge in [0.15, 0.2) is 5.11 Å². The summed E-state index contributed by atoms with van der Waals surface area (Å²) in [7, 11) is 1.65. The van der Waals surface area contributed by atoms with Crippen LogP contribution in [0.1, 0.15) is 5.69 Å². The van der Waals surface area contributed by atoms with Gasteiger partial charge in [-0.1, -0.05) is 11.6 Å². The molecular formula is C7H9ClN4O2S. The molecule has 82 valence electrons. The molecule has 0 fully saturated rings. The predicted octanol–water partition coefficient (Wildman–Crippen LogP) is -0.690. The summed E-state index contributed by atoms with van der Waals surface area (Å²) in [5.74, 6) is 0. The Morgan fingerprint density at radius 2 is 2.13 bits per heavy atom. The van der Waals surface area contributed by atoms with Crippen molar-refractivity contribution < 1.29 is 0 Å². The van der Waals surface area contributed by atoms with E-state index in [-0.39, 0.29) is 11.6 Å². The van der Waals surface area contributed by atoms with Crippen molar-refractivity contribution >= 4 is 28.9 Å². The van der Waals surface area contributed by atoms with Crippen LogP contribution in [0.4, 0.5) is 0 Å². The van der Waals surface area contributed by atoms with Crippen LogP contribution in [-0.2, 0) is 6.54 Å². The van der Waals surface area contributed by atoms with E-state index in [1.165, 1.54) is 0 Å². The number of aromatic amines is 2. The van der Waals surface area contributed by atoms with E-state index in [9.17, 15) is 9.59 Å². The van der Waals surface area contributed by atoms with Crippen LogP contribution >= 0.6 is 23.8 Å². The topological polar surface area (TPSA) is 89.8 Å². The van der Waals surface area contributed by atoms with Crippen molar-refractivity contribution in [2.75, 3.05) is 7.05 Å². The Hall–Kier alpha value is -1.34. The largest absolute Gasteiger partial charge is 0.366 e. The maximum Gasteiger partial charge on any atom is 0.326 e. The zero-order chi connectivity index (χ0) is 11.4. The Balaban J connectivity index is 2.90. The van der Waals surface area contributed by atoms with Gasteiger partial charge in [-0.3, -0.25) is 9.78 Å². The minimum atomic E-state index is -0.618. The number of hydrogen-bond acceptors (Lipinski definition) is 3. The van der Waals surface area contributed by atoms with E-state index in [0.29, 0.717) is 10.8 Å². The number of aromatic nitrogens is 2. The van der Waals surface area contributed by atoms with Gasteiger partial charge in [0.05, 0.1) is 12.2 Å². The van der Waals surface area contributed by atoms with Crippen LogP contribution in [0.25, 0.3) is 0 Å². The molecule has 0 radical (unpaired) electrons. The molecule has 1 rings (SSSR count). The van der Waals surface area contributed by atoms with E-state index >= 15 is 0 Å². The lowest BCUT2D eigenvalue weighted by Gasteiger charge is -2.07. The molecule has 0 aliphatic rings. The molecule has 0 spiro atoms. The molecule has 0 saturated heterocycles. The van der Waals surface area contributed by atoms with Gasteiger partial charge < -0.3 is 15.6 Å². The monoisotopic (exact) mass is 248 g/mol. The maximum absolute atomic E-state index is 11.1. The standard InChI is InChI=1S/C7H9ClN4O2S/c1-9-7(15)10-2-3-4(8)5(13)12-6(14)11-3/h2H2,1H3,(H2,9,10,15)(H2,11,12,13,14). The second kappa shape index (κ2) is 4.94. The van der Waals surface area contributed by atoms with Gasteiger partial charge in [-0.2, -0.15) is 0 Å². The van der Waals surface area contributed by atoms with Crippen molar-refractivity contribution in [1.29, 1.82) is 0 Å². The van der Waals surface area contributed by atoms with E-state index in [0.717, 1.165) is 0 Å². The first-order valence-corrected chi connectivity index (χ1v) is 4.79. The fourth-order valence-electron chi connectivity index (χ4n) is 0.897. The average Bonchev–Trinajstić information content (AvgIpc) is 2.20. The van der Waals surface area contributed by atoms with E-state index in [2.05, 4.69) is 15.6 Å². The molecule has 0 saturated carbocycles. The van der Waals surface area contributed by atoms with Gasteiger partial charge in [0.25, 0.3) is 5.56 Å². The number of H-pyrrole nitrogens is 2. The van der Waals surface area contributed by atoms with Crippen LogP contribution < -0.4 is 21.9 Å². The average molecular weight is 249 g/mol. The van der Waals surface area contributed by atoms with Gasteiger partial charge in [-0.15, -0.1) is 0 Å². The summed E-state index contributed by atoms with van der Waals surface area (Å²) in [6.45, 7) is 0.178. The van der Waals surface area contributed by atoms with Crippen LogP contribution in [0.15, 0.2) is 9.59 Å². The van der Waals surface area contributed by atoms with Crippen LogP contribution in [0.3, 0.4) is 0 Å². The highest BCUT2D eigenvalue weighted by Crippen LogP contribution is 2.03. The van der Waals surface area contributed by atoms with Crippen LogP contribution in [0.5, 0.6) is 0 Å². The minimum Gasteiger partial charge on any atom is -0.366 e. The first-order valence-electron chi connectivity index (χ1n) is 4.01. The summed E-state index contributed by atoms with van der Waals surface area (Å²) in [6, 6.07) is 0. The Morgan fingerprint density at radius 1 is 1.47 bits per heavy atom. The number of hydrogen-bond donors (Lipinski definition) is 4. The fourth-order valence-corrected chi connectivity index (χ4v) is 1.13. The van der Waals surface area contributed by atoms with E-state index in [1.807, 2.05) is 4.98 Å². The molecule has 0 atom stereocenters. The Morgan fingerprint density at radius 3 is 2.73 bits per heavy atom. The quantitative estimate of drug-likeness (QED) is 0.521. The van der Waals surface area contributed by atoms with Crippen LogP contribution in [0.2, 0.25) is 5.02 Å². The lowest BCUT2D eigenvalue weighted by molar-refractivity contribution is 0.830. The normalized spacial score (nSPS) is 9.73. The molecule has 0 aliphatic carbocycles. The van der Waals surface area contributed by atoms with Crippen molar-refractivity contribution in [2.45, 2.75) is 6.54 Å². The lowest BCUT2D eigenvalue weighted by atomic mass is 10.4. The second-order valence-electron chi connectivity index (χ2n) is 2.63. The van der Waals surface area contributed by atoms with E-state index < -0.39 is 11.2 Å². The van der Waals surface area contributed by atoms with Gasteiger partial charge in [0, 0.05) is 7.05 Å². The molecule has 1 heterocycles. The smallest absolute Gasteiger partial charge is 0.326 e. The molecule has 1 aromatic rings. The van der Waals surface area contributed by atoms with Gasteiger partial charge in [-0.05, 0) is 12.2 Å². The summed E-state index contributed by atoms with van der Waals surface area (Å²) < 4.78 is 0. The summed E-state index contributed by atoms with van der Waals surface area (Å²) in [5, 5.41) is 5.78. The highest BCUT2D eigenvalue weighted by molar-refractivity contribution is 7.80. The molecule has 0 amide bonds. The zero-order valence-corrected chi connectivity index (χ0v) is 9.38. The molecule has 0 unspecified atom stereocenters. The molecular weight excluding hydrogens is 240 g/mol. The third-order valence-corrected chi connectivity index (χ3v) is 2.36. The molecule has 0 aliphatic heterocycles. The third kappa shape index (κ3) is 3.07. The number of rotatable bonds is 2. The Labute approximate surface area is 95.1 Å². The van der Waals surface area contributed by atoms with Gasteiger partial charge in [0.1, 0.15) is 5.02 Å². The first kappa shape index (κ1) is 11.7. The molecule has 6 nitrogen and oxygen atoms in total. The zero-order valence-electron chi connectivity index (χ0n) is 7.81. The van der Waals surface area contributed by atoms with Gasteiger partial charge in [-0.25, -0.2) is 4.79 Å². The molecule has 4 N–H and O–H groups in total. The molecule has 8 heteroatoms. The SMILES string of the molecule is CNC(=S)NCc1[nH]c(=O)[nH]c(=O)c1Cl. The first-order chi connectivity index (χ1) is 7.04. The number of nitrogens with one attached hydrogen (secondary N) is 4. The van der Waals surface area contributed by atoms with Crippen molar-refractivity contribution in [3.05, 3.63) is 31.6 Å².